The predicted octanol–water partition coefficient (Wildman–Crippen LogP) is 3.19. The Kier molecular flexibility index (Phi) is 4.79. The van der Waals surface area contributed by atoms with Gasteiger partial charge in [-0.25, -0.2) is 0 Å². The third-order valence-electron chi connectivity index (χ3n) is 5.64. The summed E-state index contributed by atoms with van der Waals surface area (Å²) >= 11 is 0. The summed E-state index contributed by atoms with van der Waals surface area (Å²) in [5, 5.41) is 3.21. The van der Waals surface area contributed by atoms with Gasteiger partial charge in [-0.05, 0) is 61.6 Å². The summed E-state index contributed by atoms with van der Waals surface area (Å²) in [7, 11) is 3.22. The Labute approximate surface area is 138 Å². The van der Waals surface area contributed by atoms with Crippen LogP contribution in [0.3, 0.4) is 0 Å². The summed E-state index contributed by atoms with van der Waals surface area (Å²) in [6.45, 7) is 2.16. The van der Waals surface area contributed by atoms with Crippen LogP contribution in [0.1, 0.15) is 38.2 Å². The van der Waals surface area contributed by atoms with Crippen molar-refractivity contribution in [3.05, 3.63) is 23.8 Å². The monoisotopic (exact) mass is 317 g/mol. The molecule has 0 aliphatic heterocycles. The lowest BCUT2D eigenvalue weighted by Gasteiger charge is -2.28. The first kappa shape index (κ1) is 16.2. The smallest absolute Gasteiger partial charge is 0.224 e. The molecule has 3 rings (SSSR count). The third-order valence-corrected chi connectivity index (χ3v) is 5.64. The zero-order valence-corrected chi connectivity index (χ0v) is 14.3. The van der Waals surface area contributed by atoms with Gasteiger partial charge in [0.15, 0.2) is 11.5 Å². The fourth-order valence-corrected chi connectivity index (χ4v) is 4.49. The molecule has 4 nitrogen and oxygen atoms in total. The summed E-state index contributed by atoms with van der Waals surface area (Å²) < 4.78 is 10.5. The van der Waals surface area contributed by atoms with Gasteiger partial charge < -0.3 is 14.8 Å². The molecular weight excluding hydrogens is 290 g/mol. The first-order valence-corrected chi connectivity index (χ1v) is 8.61. The number of carbonyl (C=O) groups is 1. The van der Waals surface area contributed by atoms with E-state index in [0.29, 0.717) is 23.8 Å². The van der Waals surface area contributed by atoms with Gasteiger partial charge in [0.25, 0.3) is 0 Å². The van der Waals surface area contributed by atoms with Crippen molar-refractivity contribution >= 4 is 5.91 Å². The van der Waals surface area contributed by atoms with E-state index in [4.69, 9.17) is 9.47 Å². The molecule has 0 unspecified atom stereocenters. The summed E-state index contributed by atoms with van der Waals surface area (Å²) in [5.41, 5.74) is 0.945. The largest absolute Gasteiger partial charge is 0.493 e. The molecule has 0 aromatic heterocycles. The van der Waals surface area contributed by atoms with E-state index in [1.54, 1.807) is 14.2 Å². The minimum absolute atomic E-state index is 0.0903. The fraction of sp³-hybridized carbons (Fsp3) is 0.632. The number of nitrogens with one attached hydrogen (secondary N) is 1. The minimum atomic E-state index is 0.0903. The Bertz CT molecular complexity index is 572. The van der Waals surface area contributed by atoms with Crippen molar-refractivity contribution in [2.75, 3.05) is 14.2 Å². The van der Waals surface area contributed by atoms with Gasteiger partial charge in [0, 0.05) is 6.04 Å². The van der Waals surface area contributed by atoms with Crippen LogP contribution in [0.5, 0.6) is 11.5 Å². The van der Waals surface area contributed by atoms with Crippen LogP contribution < -0.4 is 14.8 Å². The van der Waals surface area contributed by atoms with E-state index in [1.165, 1.54) is 25.7 Å². The second kappa shape index (κ2) is 6.81. The predicted molar refractivity (Wildman–Crippen MR) is 89.8 cm³/mol. The molecule has 1 aromatic carbocycles. The highest BCUT2D eigenvalue weighted by Gasteiger charge is 2.42. The van der Waals surface area contributed by atoms with Gasteiger partial charge in [-0.3, -0.25) is 4.79 Å². The van der Waals surface area contributed by atoms with E-state index in [0.717, 1.165) is 17.4 Å². The molecule has 4 atom stereocenters. The number of amides is 1. The number of carbonyl (C=O) groups excluding carboxylic acids is 1. The van der Waals surface area contributed by atoms with Crippen LogP contribution in [0, 0.1) is 17.8 Å². The topological polar surface area (TPSA) is 47.6 Å². The van der Waals surface area contributed by atoms with Crippen molar-refractivity contribution in [2.24, 2.45) is 17.8 Å². The average Bonchev–Trinajstić information content (AvgIpc) is 3.17. The quantitative estimate of drug-likeness (QED) is 0.876. The summed E-state index contributed by atoms with van der Waals surface area (Å²) in [4.78, 5) is 12.4. The SMILES string of the molecule is COc1ccc(CC(=O)N[C@@H](C)[C@H]2C[C@@H]3CC[C@@H]2C3)cc1OC. The molecule has 2 fully saturated rings. The van der Waals surface area contributed by atoms with E-state index in [9.17, 15) is 4.79 Å². The maximum absolute atomic E-state index is 12.4. The summed E-state index contributed by atoms with van der Waals surface area (Å²) in [6.07, 6.45) is 5.80. The van der Waals surface area contributed by atoms with Gasteiger partial charge in [-0.2, -0.15) is 0 Å². The number of rotatable bonds is 6. The molecule has 1 N–H and O–H groups in total. The number of hydrogen-bond acceptors (Lipinski definition) is 3. The van der Waals surface area contributed by atoms with Gasteiger partial charge in [0.1, 0.15) is 0 Å². The number of ether oxygens (including phenoxy) is 2. The Balaban J connectivity index is 1.57. The molecule has 1 amide bonds. The van der Waals surface area contributed by atoms with Gasteiger partial charge in [0.05, 0.1) is 20.6 Å². The van der Waals surface area contributed by atoms with Crippen LogP contribution in [0.15, 0.2) is 18.2 Å². The van der Waals surface area contributed by atoms with Crippen molar-refractivity contribution in [3.8, 4) is 11.5 Å². The highest BCUT2D eigenvalue weighted by atomic mass is 16.5. The average molecular weight is 317 g/mol. The van der Waals surface area contributed by atoms with Crippen molar-refractivity contribution in [1.29, 1.82) is 0 Å². The van der Waals surface area contributed by atoms with E-state index in [2.05, 4.69) is 12.2 Å². The maximum Gasteiger partial charge on any atom is 0.224 e. The Morgan fingerprint density at radius 3 is 2.61 bits per heavy atom. The minimum Gasteiger partial charge on any atom is -0.493 e. The second-order valence-electron chi connectivity index (χ2n) is 7.06. The standard InChI is InChI=1S/C19H27NO3/c1-12(16-9-13-4-6-15(16)8-13)20-19(21)11-14-5-7-17(22-2)18(10-14)23-3/h5,7,10,12-13,15-16H,4,6,8-9,11H2,1-3H3,(H,20,21)/t12-,13+,15+,16+/m0/s1. The van der Waals surface area contributed by atoms with Crippen LogP contribution >= 0.6 is 0 Å². The molecule has 4 heteroatoms. The van der Waals surface area contributed by atoms with Crippen molar-refractivity contribution < 1.29 is 14.3 Å². The first-order chi connectivity index (χ1) is 11.1. The molecule has 0 spiro atoms. The zero-order valence-electron chi connectivity index (χ0n) is 14.3. The van der Waals surface area contributed by atoms with Crippen LogP contribution in [-0.2, 0) is 11.2 Å². The molecule has 2 bridgehead atoms. The van der Waals surface area contributed by atoms with Crippen LogP contribution in [0.2, 0.25) is 0 Å². The van der Waals surface area contributed by atoms with Gasteiger partial charge in [0.2, 0.25) is 5.91 Å². The Morgan fingerprint density at radius 1 is 1.22 bits per heavy atom. The van der Waals surface area contributed by atoms with E-state index in [1.807, 2.05) is 18.2 Å². The molecule has 0 radical (unpaired) electrons. The van der Waals surface area contributed by atoms with Crippen LogP contribution in [0.4, 0.5) is 0 Å². The van der Waals surface area contributed by atoms with Crippen molar-refractivity contribution in [2.45, 2.75) is 45.1 Å². The molecule has 0 heterocycles. The lowest BCUT2D eigenvalue weighted by atomic mass is 9.84. The summed E-state index contributed by atoms with van der Waals surface area (Å²) in [6, 6.07) is 5.92. The first-order valence-electron chi connectivity index (χ1n) is 8.61. The fourth-order valence-electron chi connectivity index (χ4n) is 4.49. The molecule has 0 saturated heterocycles. The van der Waals surface area contributed by atoms with Gasteiger partial charge >= 0.3 is 0 Å². The maximum atomic E-state index is 12.4. The van der Waals surface area contributed by atoms with Crippen molar-refractivity contribution in [3.63, 3.8) is 0 Å². The lowest BCUT2D eigenvalue weighted by Crippen LogP contribution is -2.40. The Morgan fingerprint density at radius 2 is 2.00 bits per heavy atom. The number of methoxy groups -OCH3 is 2. The molecule has 2 saturated carbocycles. The Hall–Kier alpha value is -1.71. The number of fused-ring (bicyclic) bond motifs is 2. The third kappa shape index (κ3) is 3.46. The summed E-state index contributed by atoms with van der Waals surface area (Å²) in [5.74, 6) is 3.85. The van der Waals surface area contributed by atoms with E-state index in [-0.39, 0.29) is 11.9 Å². The second-order valence-corrected chi connectivity index (χ2v) is 7.06. The van der Waals surface area contributed by atoms with Gasteiger partial charge in [-0.1, -0.05) is 12.5 Å². The van der Waals surface area contributed by atoms with Gasteiger partial charge in [-0.15, -0.1) is 0 Å². The van der Waals surface area contributed by atoms with E-state index < -0.39 is 0 Å². The number of hydrogen-bond donors (Lipinski definition) is 1. The molecule has 2 aliphatic carbocycles. The molecule has 2 aliphatic rings. The lowest BCUT2D eigenvalue weighted by molar-refractivity contribution is -0.121. The molecule has 1 aromatic rings. The molecule has 23 heavy (non-hydrogen) atoms. The van der Waals surface area contributed by atoms with Crippen LogP contribution in [0.25, 0.3) is 0 Å². The van der Waals surface area contributed by atoms with E-state index >= 15 is 0 Å². The molecular formula is C19H27NO3. The highest BCUT2D eigenvalue weighted by molar-refractivity contribution is 5.79. The highest BCUT2D eigenvalue weighted by Crippen LogP contribution is 2.49. The van der Waals surface area contributed by atoms with Crippen molar-refractivity contribution in [1.82, 2.24) is 5.32 Å². The normalized spacial score (nSPS) is 26.8. The zero-order chi connectivity index (χ0) is 16.4. The molecule has 126 valence electrons. The van der Waals surface area contributed by atoms with Crippen LogP contribution in [-0.4, -0.2) is 26.2 Å². The number of benzene rings is 1.